The molecule has 2 N–H and O–H groups in total. The van der Waals surface area contributed by atoms with Gasteiger partial charge in [0.25, 0.3) is 0 Å². The molecule has 136 valence electrons. The maximum atomic E-state index is 13.2. The Morgan fingerprint density at radius 3 is 2.72 bits per heavy atom. The van der Waals surface area contributed by atoms with Crippen LogP contribution in [0.1, 0.15) is 24.2 Å². The molecule has 0 bridgehead atoms. The van der Waals surface area contributed by atoms with Gasteiger partial charge in [-0.05, 0) is 42.7 Å². The highest BCUT2D eigenvalue weighted by molar-refractivity contribution is 14.0. The smallest absolute Gasteiger partial charge is 0.191 e. The Labute approximate surface area is 169 Å². The lowest BCUT2D eigenvalue weighted by Gasteiger charge is -2.20. The van der Waals surface area contributed by atoms with Gasteiger partial charge in [0.2, 0.25) is 0 Å². The maximum Gasteiger partial charge on any atom is 0.191 e. The van der Waals surface area contributed by atoms with Gasteiger partial charge in [0.1, 0.15) is 11.6 Å². The lowest BCUT2D eigenvalue weighted by molar-refractivity contribution is 0.506. The van der Waals surface area contributed by atoms with Crippen LogP contribution in [-0.2, 0) is 11.8 Å². The van der Waals surface area contributed by atoms with Gasteiger partial charge >= 0.3 is 0 Å². The minimum Gasteiger partial charge on any atom is -0.469 e. The van der Waals surface area contributed by atoms with Gasteiger partial charge in [0.15, 0.2) is 5.96 Å². The lowest BCUT2D eigenvalue weighted by atomic mass is 9.96. The van der Waals surface area contributed by atoms with Crippen LogP contribution in [0.2, 0.25) is 5.02 Å². The number of nitrogens with one attached hydrogen (secondary N) is 2. The van der Waals surface area contributed by atoms with Gasteiger partial charge in [0, 0.05) is 37.0 Å². The molecule has 0 atom stereocenters. The number of hydrogen-bond donors (Lipinski definition) is 2. The minimum absolute atomic E-state index is 0. The third-order valence-corrected chi connectivity index (χ3v) is 4.73. The van der Waals surface area contributed by atoms with Crippen molar-refractivity contribution in [3.8, 4) is 0 Å². The summed E-state index contributed by atoms with van der Waals surface area (Å²) >= 11 is 6.22. The van der Waals surface area contributed by atoms with Crippen LogP contribution in [0.3, 0.4) is 0 Å². The zero-order valence-electron chi connectivity index (χ0n) is 14.0. The van der Waals surface area contributed by atoms with E-state index in [1.807, 2.05) is 12.1 Å². The van der Waals surface area contributed by atoms with E-state index < -0.39 is 0 Å². The molecule has 2 aromatic rings. The molecule has 0 spiro atoms. The topological polar surface area (TPSA) is 49.6 Å². The van der Waals surface area contributed by atoms with Crippen LogP contribution in [0.5, 0.6) is 0 Å². The first kappa shape index (κ1) is 20.0. The van der Waals surface area contributed by atoms with Crippen LogP contribution >= 0.6 is 35.6 Å². The molecule has 1 aromatic heterocycles. The molecule has 4 nitrogen and oxygen atoms in total. The van der Waals surface area contributed by atoms with E-state index in [0.29, 0.717) is 5.02 Å². The fraction of sp³-hybridized carbons (Fsp3) is 0.389. The van der Waals surface area contributed by atoms with Gasteiger partial charge in [-0.2, -0.15) is 0 Å². The molecular formula is C18H22ClFIN3O. The first-order valence-corrected chi connectivity index (χ1v) is 8.43. The molecule has 3 rings (SSSR count). The van der Waals surface area contributed by atoms with E-state index in [0.717, 1.165) is 49.6 Å². The summed E-state index contributed by atoms with van der Waals surface area (Å²) < 4.78 is 18.6. The molecule has 1 aromatic carbocycles. The van der Waals surface area contributed by atoms with E-state index in [2.05, 4.69) is 15.6 Å². The van der Waals surface area contributed by atoms with E-state index >= 15 is 0 Å². The van der Waals surface area contributed by atoms with Crippen LogP contribution in [0.25, 0.3) is 0 Å². The highest BCUT2D eigenvalue weighted by Crippen LogP contribution is 2.50. The highest BCUT2D eigenvalue weighted by atomic mass is 127. The summed E-state index contributed by atoms with van der Waals surface area (Å²) in [6.45, 7) is 1.45. The number of halogens is 3. The SMILES string of the molecule is CN=C(NCCc1ccco1)NCC1(c2ccc(F)cc2Cl)CC1.I. The average molecular weight is 478 g/mol. The maximum absolute atomic E-state index is 13.2. The standard InChI is InChI=1S/C18H21ClFN3O.HI/c1-21-17(22-9-6-14-3-2-10-24-14)23-12-18(7-8-18)15-5-4-13(20)11-16(15)19;/h2-5,10-11H,6-9,12H2,1H3,(H2,21,22,23);1H. The Bertz CT molecular complexity index is 717. The van der Waals surface area contributed by atoms with Crippen molar-refractivity contribution in [2.75, 3.05) is 20.1 Å². The summed E-state index contributed by atoms with van der Waals surface area (Å²) in [5.74, 6) is 1.38. The quantitative estimate of drug-likeness (QED) is 0.374. The van der Waals surface area contributed by atoms with Crippen molar-refractivity contribution in [3.63, 3.8) is 0 Å². The highest BCUT2D eigenvalue weighted by Gasteiger charge is 2.45. The molecule has 0 radical (unpaired) electrons. The van der Waals surface area contributed by atoms with Crippen LogP contribution in [0.15, 0.2) is 46.0 Å². The van der Waals surface area contributed by atoms with E-state index in [9.17, 15) is 4.39 Å². The van der Waals surface area contributed by atoms with Crippen molar-refractivity contribution in [1.82, 2.24) is 10.6 Å². The monoisotopic (exact) mass is 477 g/mol. The third-order valence-electron chi connectivity index (χ3n) is 4.42. The number of furan rings is 1. The molecule has 1 heterocycles. The first-order valence-electron chi connectivity index (χ1n) is 8.05. The number of aliphatic imine (C=N–C) groups is 1. The van der Waals surface area contributed by atoms with Crippen molar-refractivity contribution in [3.05, 3.63) is 58.8 Å². The minimum atomic E-state index is -0.303. The molecule has 0 amide bonds. The van der Waals surface area contributed by atoms with Gasteiger partial charge in [-0.25, -0.2) is 4.39 Å². The van der Waals surface area contributed by atoms with Crippen LogP contribution in [0.4, 0.5) is 4.39 Å². The lowest BCUT2D eigenvalue weighted by Crippen LogP contribution is -2.42. The van der Waals surface area contributed by atoms with Crippen molar-refractivity contribution in [2.45, 2.75) is 24.7 Å². The predicted octanol–water partition coefficient (Wildman–Crippen LogP) is 4.13. The van der Waals surface area contributed by atoms with Gasteiger partial charge in [-0.3, -0.25) is 4.99 Å². The Morgan fingerprint density at radius 2 is 2.12 bits per heavy atom. The summed E-state index contributed by atoms with van der Waals surface area (Å²) in [6.07, 6.45) is 4.54. The molecule has 1 aliphatic carbocycles. The molecule has 1 saturated carbocycles. The Morgan fingerprint density at radius 1 is 1.32 bits per heavy atom. The summed E-state index contributed by atoms with van der Waals surface area (Å²) in [6, 6.07) is 8.48. The van der Waals surface area contributed by atoms with Gasteiger partial charge in [0.05, 0.1) is 6.26 Å². The van der Waals surface area contributed by atoms with E-state index in [1.54, 1.807) is 19.4 Å². The molecule has 7 heteroatoms. The predicted molar refractivity (Wildman–Crippen MR) is 110 cm³/mol. The molecule has 1 aliphatic rings. The molecule has 25 heavy (non-hydrogen) atoms. The van der Waals surface area contributed by atoms with E-state index in [-0.39, 0.29) is 35.2 Å². The number of guanidine groups is 1. The second-order valence-corrected chi connectivity index (χ2v) is 6.49. The number of benzene rings is 1. The normalized spacial score (nSPS) is 15.4. The van der Waals surface area contributed by atoms with Gasteiger partial charge < -0.3 is 15.1 Å². The third kappa shape index (κ3) is 5.10. The van der Waals surface area contributed by atoms with Crippen molar-refractivity contribution in [1.29, 1.82) is 0 Å². The van der Waals surface area contributed by atoms with Gasteiger partial charge in [-0.1, -0.05) is 17.7 Å². The Kier molecular flexibility index (Phi) is 7.13. The Hall–Kier alpha value is -1.28. The zero-order chi connectivity index (χ0) is 17.0. The molecular weight excluding hydrogens is 456 g/mol. The molecule has 0 aliphatic heterocycles. The fourth-order valence-corrected chi connectivity index (χ4v) is 3.21. The Balaban J connectivity index is 0.00000225. The molecule has 1 fully saturated rings. The van der Waals surface area contributed by atoms with Crippen molar-refractivity contribution >= 4 is 41.5 Å². The fourth-order valence-electron chi connectivity index (χ4n) is 2.84. The van der Waals surface area contributed by atoms with Crippen LogP contribution < -0.4 is 10.6 Å². The number of hydrogen-bond acceptors (Lipinski definition) is 2. The largest absolute Gasteiger partial charge is 0.469 e. The molecule has 0 saturated heterocycles. The van der Waals surface area contributed by atoms with Crippen LogP contribution in [-0.4, -0.2) is 26.1 Å². The second-order valence-electron chi connectivity index (χ2n) is 6.09. The summed E-state index contributed by atoms with van der Waals surface area (Å²) in [5, 5.41) is 7.11. The number of rotatable bonds is 6. The number of nitrogens with zero attached hydrogens (tertiary/aromatic N) is 1. The summed E-state index contributed by atoms with van der Waals surface area (Å²) in [7, 11) is 1.74. The van der Waals surface area contributed by atoms with Crippen molar-refractivity contribution < 1.29 is 8.81 Å². The average Bonchev–Trinajstić information content (AvgIpc) is 3.16. The zero-order valence-corrected chi connectivity index (χ0v) is 17.1. The van der Waals surface area contributed by atoms with Crippen molar-refractivity contribution in [2.24, 2.45) is 4.99 Å². The van der Waals surface area contributed by atoms with E-state index in [1.165, 1.54) is 12.1 Å². The second kappa shape index (κ2) is 8.89. The van der Waals surface area contributed by atoms with Crippen LogP contribution in [0, 0.1) is 5.82 Å². The summed E-state index contributed by atoms with van der Waals surface area (Å²) in [5.41, 5.74) is 0.979. The molecule has 0 unspecified atom stereocenters. The van der Waals surface area contributed by atoms with E-state index in [4.69, 9.17) is 16.0 Å². The summed E-state index contributed by atoms with van der Waals surface area (Å²) in [4.78, 5) is 4.24. The first-order chi connectivity index (χ1) is 11.6. The van der Waals surface area contributed by atoms with Gasteiger partial charge in [-0.15, -0.1) is 24.0 Å².